The summed E-state index contributed by atoms with van der Waals surface area (Å²) >= 11 is 12.1. The molecule has 1 amide bonds. The Morgan fingerprint density at radius 3 is 2.69 bits per heavy atom. The molecule has 26 heavy (non-hydrogen) atoms. The van der Waals surface area contributed by atoms with Crippen LogP contribution in [-0.4, -0.2) is 18.0 Å². The molecule has 0 unspecified atom stereocenters. The van der Waals surface area contributed by atoms with E-state index >= 15 is 0 Å². The normalized spacial score (nSPS) is 10.3. The van der Waals surface area contributed by atoms with Crippen LogP contribution in [0.1, 0.15) is 10.4 Å². The molecule has 0 fully saturated rings. The van der Waals surface area contributed by atoms with E-state index in [4.69, 9.17) is 27.9 Å². The van der Waals surface area contributed by atoms with Crippen molar-refractivity contribution >= 4 is 46.3 Å². The number of hydrogen-bond acceptors (Lipinski definition) is 4. The van der Waals surface area contributed by atoms with E-state index in [-0.39, 0.29) is 5.91 Å². The van der Waals surface area contributed by atoms with Gasteiger partial charge in [0.1, 0.15) is 11.6 Å². The summed E-state index contributed by atoms with van der Waals surface area (Å²) in [5, 5.41) is 6.56. The summed E-state index contributed by atoms with van der Waals surface area (Å²) in [4.78, 5) is 16.7. The largest absolute Gasteiger partial charge is 0.497 e. The van der Waals surface area contributed by atoms with Crippen LogP contribution in [0.3, 0.4) is 0 Å². The SMILES string of the molecule is COc1cccc(Nc2cc(C(=O)Nc3cccc(Cl)c3Cl)ccn2)c1. The van der Waals surface area contributed by atoms with Crippen LogP contribution in [0.2, 0.25) is 10.0 Å². The fourth-order valence-corrected chi connectivity index (χ4v) is 2.63. The molecule has 0 spiro atoms. The lowest BCUT2D eigenvalue weighted by Gasteiger charge is -2.10. The van der Waals surface area contributed by atoms with Gasteiger partial charge in [0, 0.05) is 23.5 Å². The topological polar surface area (TPSA) is 63.2 Å². The Morgan fingerprint density at radius 2 is 1.88 bits per heavy atom. The van der Waals surface area contributed by atoms with E-state index in [1.54, 1.807) is 43.6 Å². The molecule has 2 aromatic carbocycles. The smallest absolute Gasteiger partial charge is 0.255 e. The molecule has 7 heteroatoms. The number of pyridine rings is 1. The molecule has 0 aliphatic heterocycles. The summed E-state index contributed by atoms with van der Waals surface area (Å²) in [5.74, 6) is 0.938. The lowest BCUT2D eigenvalue weighted by atomic mass is 10.2. The molecule has 0 aliphatic rings. The quantitative estimate of drug-likeness (QED) is 0.615. The van der Waals surface area contributed by atoms with Crippen LogP contribution in [0.4, 0.5) is 17.2 Å². The molecule has 3 aromatic rings. The van der Waals surface area contributed by atoms with Crippen molar-refractivity contribution in [2.75, 3.05) is 17.7 Å². The Hall–Kier alpha value is -2.76. The highest BCUT2D eigenvalue weighted by Gasteiger charge is 2.11. The molecule has 0 bridgehead atoms. The Balaban J connectivity index is 1.78. The molecule has 0 aliphatic carbocycles. The maximum absolute atomic E-state index is 12.5. The van der Waals surface area contributed by atoms with Crippen LogP contribution in [0.25, 0.3) is 0 Å². The van der Waals surface area contributed by atoms with Crippen LogP contribution < -0.4 is 15.4 Å². The minimum absolute atomic E-state index is 0.298. The number of hydrogen-bond donors (Lipinski definition) is 2. The fraction of sp³-hybridized carbons (Fsp3) is 0.0526. The lowest BCUT2D eigenvalue weighted by molar-refractivity contribution is 0.102. The fourth-order valence-electron chi connectivity index (χ4n) is 2.28. The van der Waals surface area contributed by atoms with Crippen molar-refractivity contribution in [1.29, 1.82) is 0 Å². The zero-order chi connectivity index (χ0) is 18.5. The van der Waals surface area contributed by atoms with Gasteiger partial charge in [0.2, 0.25) is 0 Å². The van der Waals surface area contributed by atoms with Crippen LogP contribution in [0.5, 0.6) is 5.75 Å². The second kappa shape index (κ2) is 8.08. The second-order valence-corrected chi connectivity index (χ2v) is 6.13. The number of anilines is 3. The standard InChI is InChI=1S/C19H15Cl2N3O2/c1-26-14-5-2-4-13(11-14)23-17-10-12(8-9-22-17)19(25)24-16-7-3-6-15(20)18(16)21/h2-11H,1H3,(H,22,23)(H,24,25). The number of benzene rings is 2. The third-order valence-corrected chi connectivity index (χ3v) is 4.38. The predicted molar refractivity (Wildman–Crippen MR) is 105 cm³/mol. The van der Waals surface area contributed by atoms with E-state index in [2.05, 4.69) is 15.6 Å². The summed E-state index contributed by atoms with van der Waals surface area (Å²) in [6, 6.07) is 15.7. The number of amides is 1. The number of nitrogens with one attached hydrogen (secondary N) is 2. The van der Waals surface area contributed by atoms with Gasteiger partial charge in [0.15, 0.2) is 0 Å². The highest BCUT2D eigenvalue weighted by Crippen LogP contribution is 2.30. The molecule has 1 heterocycles. The number of carbonyl (C=O) groups is 1. The van der Waals surface area contributed by atoms with Crippen LogP contribution >= 0.6 is 23.2 Å². The van der Waals surface area contributed by atoms with Crippen LogP contribution in [0, 0.1) is 0 Å². The third-order valence-electron chi connectivity index (χ3n) is 3.56. The summed E-state index contributed by atoms with van der Waals surface area (Å²) in [5.41, 5.74) is 1.68. The molecular formula is C19H15Cl2N3O2. The molecule has 132 valence electrons. The van der Waals surface area contributed by atoms with Crippen LogP contribution in [0.15, 0.2) is 60.8 Å². The lowest BCUT2D eigenvalue weighted by Crippen LogP contribution is -2.12. The second-order valence-electron chi connectivity index (χ2n) is 5.34. The maximum atomic E-state index is 12.5. The van der Waals surface area contributed by atoms with Gasteiger partial charge in [-0.3, -0.25) is 4.79 Å². The van der Waals surface area contributed by atoms with E-state index in [1.165, 1.54) is 0 Å². The van der Waals surface area contributed by atoms with Crippen molar-refractivity contribution in [3.63, 3.8) is 0 Å². The first-order valence-corrected chi connectivity index (χ1v) is 8.45. The van der Waals surface area contributed by atoms with Gasteiger partial charge in [-0.05, 0) is 36.4 Å². The molecule has 1 aromatic heterocycles. The van der Waals surface area contributed by atoms with Crippen molar-refractivity contribution in [3.05, 3.63) is 76.4 Å². The minimum Gasteiger partial charge on any atom is -0.497 e. The molecule has 2 N–H and O–H groups in total. The Kier molecular flexibility index (Phi) is 5.61. The average Bonchev–Trinajstić information content (AvgIpc) is 2.66. The molecule has 0 saturated carbocycles. The van der Waals surface area contributed by atoms with Gasteiger partial charge < -0.3 is 15.4 Å². The Labute approximate surface area is 160 Å². The van der Waals surface area contributed by atoms with Gasteiger partial charge in [-0.25, -0.2) is 4.98 Å². The Morgan fingerprint density at radius 1 is 1.08 bits per heavy atom. The summed E-state index contributed by atoms with van der Waals surface area (Å²) in [7, 11) is 1.60. The molecule has 5 nitrogen and oxygen atoms in total. The first-order chi connectivity index (χ1) is 12.6. The van der Waals surface area contributed by atoms with Gasteiger partial charge in [0.25, 0.3) is 5.91 Å². The number of nitrogens with zero attached hydrogens (tertiary/aromatic N) is 1. The first-order valence-electron chi connectivity index (χ1n) is 7.69. The van der Waals surface area contributed by atoms with Crippen molar-refractivity contribution in [2.45, 2.75) is 0 Å². The maximum Gasteiger partial charge on any atom is 0.255 e. The van der Waals surface area contributed by atoms with E-state index in [1.807, 2.05) is 24.3 Å². The predicted octanol–water partition coefficient (Wildman–Crippen LogP) is 5.39. The zero-order valence-electron chi connectivity index (χ0n) is 13.8. The van der Waals surface area contributed by atoms with Crippen molar-refractivity contribution < 1.29 is 9.53 Å². The average molecular weight is 388 g/mol. The van der Waals surface area contributed by atoms with Gasteiger partial charge in [-0.1, -0.05) is 35.3 Å². The number of methoxy groups -OCH3 is 1. The van der Waals surface area contributed by atoms with Crippen molar-refractivity contribution in [3.8, 4) is 5.75 Å². The zero-order valence-corrected chi connectivity index (χ0v) is 15.3. The van der Waals surface area contributed by atoms with Crippen molar-refractivity contribution in [1.82, 2.24) is 4.98 Å². The van der Waals surface area contributed by atoms with Gasteiger partial charge in [-0.15, -0.1) is 0 Å². The summed E-state index contributed by atoms with van der Waals surface area (Å²) < 4.78 is 5.19. The van der Waals surface area contributed by atoms with Gasteiger partial charge in [-0.2, -0.15) is 0 Å². The number of rotatable bonds is 5. The number of aromatic nitrogens is 1. The molecule has 0 atom stereocenters. The molecule has 0 radical (unpaired) electrons. The first kappa shape index (κ1) is 18.0. The van der Waals surface area contributed by atoms with E-state index in [0.717, 1.165) is 11.4 Å². The summed E-state index contributed by atoms with van der Waals surface area (Å²) in [6.07, 6.45) is 1.55. The van der Waals surface area contributed by atoms with Gasteiger partial charge >= 0.3 is 0 Å². The van der Waals surface area contributed by atoms with Crippen LogP contribution in [-0.2, 0) is 0 Å². The van der Waals surface area contributed by atoms with E-state index in [9.17, 15) is 4.79 Å². The third kappa shape index (κ3) is 4.25. The summed E-state index contributed by atoms with van der Waals surface area (Å²) in [6.45, 7) is 0. The van der Waals surface area contributed by atoms with E-state index < -0.39 is 0 Å². The van der Waals surface area contributed by atoms with Gasteiger partial charge in [0.05, 0.1) is 22.8 Å². The number of carbonyl (C=O) groups excluding carboxylic acids is 1. The Bertz CT molecular complexity index is 948. The van der Waals surface area contributed by atoms with E-state index in [0.29, 0.717) is 27.1 Å². The molecule has 0 saturated heterocycles. The molecule has 3 rings (SSSR count). The number of ether oxygens (including phenoxy) is 1. The minimum atomic E-state index is -0.315. The number of halogens is 2. The highest BCUT2D eigenvalue weighted by atomic mass is 35.5. The highest BCUT2D eigenvalue weighted by molar-refractivity contribution is 6.44. The monoisotopic (exact) mass is 387 g/mol. The van der Waals surface area contributed by atoms with Crippen molar-refractivity contribution in [2.24, 2.45) is 0 Å². The molecular weight excluding hydrogens is 373 g/mol.